The molecule has 7 heteroatoms. The van der Waals surface area contributed by atoms with Gasteiger partial charge in [-0.05, 0) is 12.1 Å². The maximum absolute atomic E-state index is 12.6. The van der Waals surface area contributed by atoms with Crippen LogP contribution in [0.3, 0.4) is 0 Å². The first-order valence-corrected chi connectivity index (χ1v) is 7.70. The molecule has 2 aromatic heterocycles. The molecule has 3 aromatic rings. The number of ether oxygens (including phenoxy) is 1. The lowest BCUT2D eigenvalue weighted by molar-refractivity contribution is 0.0940. The molecule has 0 aliphatic carbocycles. The molecule has 128 valence electrons. The van der Waals surface area contributed by atoms with Crippen LogP contribution in [0.5, 0.6) is 5.75 Å². The standard InChI is InChI=1S/C18H18N4O3/c1-22-10-9-19-17(22)16(13-5-3-4-6-14(13)25-2)21-18(24)12-7-8-15(23)20-11-12/h3-11,16H,1-2H3,(H,20,23)(H,21,24)/t16-/m0/s1. The molecule has 0 saturated carbocycles. The number of nitrogens with one attached hydrogen (secondary N) is 2. The van der Waals surface area contributed by atoms with Gasteiger partial charge in [0.05, 0.1) is 12.7 Å². The monoisotopic (exact) mass is 338 g/mol. The summed E-state index contributed by atoms with van der Waals surface area (Å²) in [5.41, 5.74) is 0.882. The van der Waals surface area contributed by atoms with Crippen molar-refractivity contribution in [1.82, 2.24) is 19.9 Å². The van der Waals surface area contributed by atoms with E-state index in [9.17, 15) is 9.59 Å². The molecule has 0 aliphatic rings. The van der Waals surface area contributed by atoms with Crippen molar-refractivity contribution in [1.29, 1.82) is 0 Å². The molecule has 2 heterocycles. The molecule has 1 amide bonds. The Bertz CT molecular complexity index is 925. The summed E-state index contributed by atoms with van der Waals surface area (Å²) in [6.07, 6.45) is 4.86. The van der Waals surface area contributed by atoms with Crippen LogP contribution in [0.4, 0.5) is 0 Å². The number of carbonyl (C=O) groups excluding carboxylic acids is 1. The van der Waals surface area contributed by atoms with Gasteiger partial charge in [-0.2, -0.15) is 0 Å². The number of methoxy groups -OCH3 is 1. The molecule has 25 heavy (non-hydrogen) atoms. The van der Waals surface area contributed by atoms with E-state index in [-0.39, 0.29) is 11.5 Å². The molecule has 1 aromatic carbocycles. The first-order valence-electron chi connectivity index (χ1n) is 7.70. The molecule has 7 nitrogen and oxygen atoms in total. The van der Waals surface area contributed by atoms with Crippen LogP contribution < -0.4 is 15.6 Å². The Kier molecular flexibility index (Phi) is 4.65. The minimum absolute atomic E-state index is 0.262. The van der Waals surface area contributed by atoms with Crippen LogP contribution in [0.1, 0.15) is 27.8 Å². The van der Waals surface area contributed by atoms with Gasteiger partial charge in [0.2, 0.25) is 5.56 Å². The number of aromatic nitrogens is 3. The fourth-order valence-corrected chi connectivity index (χ4v) is 2.61. The minimum atomic E-state index is -0.504. The highest BCUT2D eigenvalue weighted by molar-refractivity contribution is 5.94. The number of pyridine rings is 1. The number of benzene rings is 1. The Morgan fingerprint density at radius 3 is 2.72 bits per heavy atom. The van der Waals surface area contributed by atoms with Gasteiger partial charge in [-0.15, -0.1) is 0 Å². The average Bonchev–Trinajstić information content (AvgIpc) is 3.06. The first-order chi connectivity index (χ1) is 12.1. The normalized spacial score (nSPS) is 11.8. The Hall–Kier alpha value is -3.35. The number of imidazole rings is 1. The number of hydrogen-bond donors (Lipinski definition) is 2. The summed E-state index contributed by atoms with van der Waals surface area (Å²) in [5, 5.41) is 2.96. The molecule has 0 saturated heterocycles. The average molecular weight is 338 g/mol. The van der Waals surface area contributed by atoms with E-state index in [1.165, 1.54) is 18.3 Å². The number of aryl methyl sites for hydroxylation is 1. The second kappa shape index (κ2) is 7.04. The molecule has 0 fully saturated rings. The van der Waals surface area contributed by atoms with E-state index in [0.29, 0.717) is 17.1 Å². The van der Waals surface area contributed by atoms with Gasteiger partial charge >= 0.3 is 0 Å². The molecule has 0 aliphatic heterocycles. The Labute approximate surface area is 144 Å². The number of H-pyrrole nitrogens is 1. The van der Waals surface area contributed by atoms with Gasteiger partial charge in [0.1, 0.15) is 17.6 Å². The second-order valence-corrected chi connectivity index (χ2v) is 5.49. The zero-order chi connectivity index (χ0) is 17.8. The van der Waals surface area contributed by atoms with E-state index in [2.05, 4.69) is 15.3 Å². The molecule has 0 unspecified atom stereocenters. The van der Waals surface area contributed by atoms with E-state index in [1.807, 2.05) is 42.1 Å². The Balaban J connectivity index is 2.00. The molecule has 3 rings (SSSR count). The predicted molar refractivity (Wildman–Crippen MR) is 92.6 cm³/mol. The third kappa shape index (κ3) is 3.45. The Morgan fingerprint density at radius 2 is 2.08 bits per heavy atom. The summed E-state index contributed by atoms with van der Waals surface area (Å²) in [4.78, 5) is 30.7. The largest absolute Gasteiger partial charge is 0.496 e. The zero-order valence-corrected chi connectivity index (χ0v) is 13.9. The first kappa shape index (κ1) is 16.5. The van der Waals surface area contributed by atoms with Gasteiger partial charge in [0, 0.05) is 37.3 Å². The van der Waals surface area contributed by atoms with Crippen LogP contribution in [0.25, 0.3) is 0 Å². The third-order valence-electron chi connectivity index (χ3n) is 3.89. The van der Waals surface area contributed by atoms with Crippen molar-refractivity contribution in [2.45, 2.75) is 6.04 Å². The smallest absolute Gasteiger partial charge is 0.253 e. The van der Waals surface area contributed by atoms with E-state index in [4.69, 9.17) is 4.74 Å². The lowest BCUT2D eigenvalue weighted by Crippen LogP contribution is -2.31. The van der Waals surface area contributed by atoms with Crippen LogP contribution in [0.15, 0.2) is 59.8 Å². The van der Waals surface area contributed by atoms with Gasteiger partial charge in [-0.1, -0.05) is 18.2 Å². The number of rotatable bonds is 5. The number of hydrogen-bond acceptors (Lipinski definition) is 4. The molecule has 0 spiro atoms. The highest BCUT2D eigenvalue weighted by atomic mass is 16.5. The number of amides is 1. The molecule has 1 atom stereocenters. The summed E-state index contributed by atoms with van der Waals surface area (Å²) in [6.45, 7) is 0. The summed E-state index contributed by atoms with van der Waals surface area (Å²) in [5.74, 6) is 0.995. The SMILES string of the molecule is COc1ccccc1[C@H](NC(=O)c1ccc(=O)[nH]c1)c1nccn1C. The molecule has 0 radical (unpaired) electrons. The van der Waals surface area contributed by atoms with Crippen LogP contribution in [0, 0.1) is 0 Å². The highest BCUT2D eigenvalue weighted by Gasteiger charge is 2.24. The molecular weight excluding hydrogens is 320 g/mol. The van der Waals surface area contributed by atoms with Crippen LogP contribution in [0.2, 0.25) is 0 Å². The fourth-order valence-electron chi connectivity index (χ4n) is 2.61. The fraction of sp³-hybridized carbons (Fsp3) is 0.167. The van der Waals surface area contributed by atoms with Crippen molar-refractivity contribution >= 4 is 5.91 Å². The summed E-state index contributed by atoms with van der Waals surface area (Å²) >= 11 is 0. The van der Waals surface area contributed by atoms with E-state index in [0.717, 1.165) is 5.56 Å². The van der Waals surface area contributed by atoms with Crippen LogP contribution >= 0.6 is 0 Å². The number of nitrogens with zero attached hydrogens (tertiary/aromatic N) is 2. The maximum atomic E-state index is 12.6. The second-order valence-electron chi connectivity index (χ2n) is 5.49. The maximum Gasteiger partial charge on any atom is 0.253 e. The zero-order valence-electron chi connectivity index (χ0n) is 13.9. The Morgan fingerprint density at radius 1 is 1.28 bits per heavy atom. The number of carbonyl (C=O) groups is 1. The summed E-state index contributed by atoms with van der Waals surface area (Å²) < 4.78 is 7.27. The van der Waals surface area contributed by atoms with Crippen molar-refractivity contribution in [3.8, 4) is 5.75 Å². The van der Waals surface area contributed by atoms with Crippen molar-refractivity contribution in [2.24, 2.45) is 7.05 Å². The number of aromatic amines is 1. The quantitative estimate of drug-likeness (QED) is 0.740. The van der Waals surface area contributed by atoms with Gasteiger partial charge in [0.15, 0.2) is 0 Å². The third-order valence-corrected chi connectivity index (χ3v) is 3.89. The molecule has 0 bridgehead atoms. The van der Waals surface area contributed by atoms with Crippen molar-refractivity contribution in [3.05, 3.63) is 82.3 Å². The minimum Gasteiger partial charge on any atom is -0.496 e. The highest BCUT2D eigenvalue weighted by Crippen LogP contribution is 2.29. The summed E-state index contributed by atoms with van der Waals surface area (Å²) in [6, 6.07) is 9.74. The van der Waals surface area contributed by atoms with Gasteiger partial charge < -0.3 is 19.6 Å². The van der Waals surface area contributed by atoms with Crippen molar-refractivity contribution < 1.29 is 9.53 Å². The summed E-state index contributed by atoms with van der Waals surface area (Å²) in [7, 11) is 3.44. The van der Waals surface area contributed by atoms with Gasteiger partial charge in [-0.25, -0.2) is 4.98 Å². The predicted octanol–water partition coefficient (Wildman–Crippen LogP) is 1.64. The number of para-hydroxylation sites is 1. The lowest BCUT2D eigenvalue weighted by atomic mass is 10.0. The van der Waals surface area contributed by atoms with Crippen LogP contribution in [-0.2, 0) is 7.05 Å². The van der Waals surface area contributed by atoms with E-state index in [1.54, 1.807) is 13.3 Å². The molecular formula is C18H18N4O3. The van der Waals surface area contributed by atoms with Gasteiger partial charge in [-0.3, -0.25) is 9.59 Å². The molecule has 2 N–H and O–H groups in total. The van der Waals surface area contributed by atoms with E-state index >= 15 is 0 Å². The van der Waals surface area contributed by atoms with Crippen molar-refractivity contribution in [2.75, 3.05) is 7.11 Å². The van der Waals surface area contributed by atoms with E-state index < -0.39 is 6.04 Å². The van der Waals surface area contributed by atoms with Crippen LogP contribution in [-0.4, -0.2) is 27.6 Å². The topological polar surface area (TPSA) is 89.0 Å². The van der Waals surface area contributed by atoms with Crippen molar-refractivity contribution in [3.63, 3.8) is 0 Å². The lowest BCUT2D eigenvalue weighted by Gasteiger charge is -2.21. The van der Waals surface area contributed by atoms with Gasteiger partial charge in [0.25, 0.3) is 5.91 Å².